The summed E-state index contributed by atoms with van der Waals surface area (Å²) in [6, 6.07) is 0. The van der Waals surface area contributed by atoms with Crippen molar-refractivity contribution >= 4 is 5.78 Å². The molecule has 0 saturated carbocycles. The van der Waals surface area contributed by atoms with Crippen LogP contribution in [0.15, 0.2) is 11.3 Å². The minimum atomic E-state index is -0.0436. The van der Waals surface area contributed by atoms with Crippen LogP contribution in [0.5, 0.6) is 0 Å². The molecule has 0 aromatic carbocycles. The number of nitrogens with two attached hydrogens (primary N) is 1. The molecule has 0 radical (unpaired) electrons. The maximum Gasteiger partial charge on any atom is 0.158 e. The van der Waals surface area contributed by atoms with Gasteiger partial charge in [-0.2, -0.15) is 0 Å². The Labute approximate surface area is 61.1 Å². The van der Waals surface area contributed by atoms with E-state index >= 15 is 0 Å². The Balaban J connectivity index is 4.48. The molecule has 0 aliphatic rings. The predicted octanol–water partition coefficient (Wildman–Crippen LogP) is 0.831. The highest BCUT2D eigenvalue weighted by atomic mass is 16.1. The first-order valence-electron chi connectivity index (χ1n) is 2.99. The zero-order valence-electron chi connectivity index (χ0n) is 6.27. The number of rotatable bonds is 2. The summed E-state index contributed by atoms with van der Waals surface area (Å²) in [5.74, 6) is 2.33. The summed E-state index contributed by atoms with van der Waals surface area (Å²) >= 11 is 0. The van der Waals surface area contributed by atoms with E-state index in [0.717, 1.165) is 0 Å². The maximum absolute atomic E-state index is 10.7. The smallest absolute Gasteiger partial charge is 0.158 e. The van der Waals surface area contributed by atoms with Crippen LogP contribution in [-0.4, -0.2) is 5.78 Å². The summed E-state index contributed by atoms with van der Waals surface area (Å²) < 4.78 is 0. The van der Waals surface area contributed by atoms with Gasteiger partial charge in [0.15, 0.2) is 5.78 Å². The third-order valence-corrected chi connectivity index (χ3v) is 1.18. The van der Waals surface area contributed by atoms with Crippen LogP contribution in [0.2, 0.25) is 0 Å². The van der Waals surface area contributed by atoms with Crippen LogP contribution in [0.4, 0.5) is 0 Å². The highest BCUT2D eigenvalue weighted by Gasteiger charge is 2.03. The summed E-state index contributed by atoms with van der Waals surface area (Å²) in [4.78, 5) is 10.7. The summed E-state index contributed by atoms with van der Waals surface area (Å²) in [5, 5.41) is 0. The number of allylic oxidation sites excluding steroid dienone is 2. The number of carbonyl (C=O) groups excluding carboxylic acids is 1. The Hall–Kier alpha value is -1.23. The van der Waals surface area contributed by atoms with Crippen LogP contribution in [0.1, 0.15) is 20.3 Å². The molecule has 0 saturated heterocycles. The zero-order valence-corrected chi connectivity index (χ0v) is 6.27. The first kappa shape index (κ1) is 8.77. The van der Waals surface area contributed by atoms with E-state index in [2.05, 4.69) is 5.92 Å². The largest absolute Gasteiger partial charge is 0.402 e. The number of Topliss-reactive ketones (excluding diaryl/α,β-unsaturated/α-hetero) is 1. The van der Waals surface area contributed by atoms with Gasteiger partial charge >= 0.3 is 0 Å². The summed E-state index contributed by atoms with van der Waals surface area (Å²) in [6.07, 6.45) is 5.34. The second-order valence-electron chi connectivity index (χ2n) is 2.10. The fourth-order valence-electron chi connectivity index (χ4n) is 0.644. The van der Waals surface area contributed by atoms with Gasteiger partial charge in [0.2, 0.25) is 0 Å². The molecular weight excluding hydrogens is 126 g/mol. The second kappa shape index (κ2) is 3.73. The van der Waals surface area contributed by atoms with Gasteiger partial charge in [0.1, 0.15) is 0 Å². The average Bonchev–Trinajstić information content (AvgIpc) is 1.81. The zero-order chi connectivity index (χ0) is 8.15. The molecule has 2 N–H and O–H groups in total. The Morgan fingerprint density at radius 2 is 2.10 bits per heavy atom. The minimum Gasteiger partial charge on any atom is -0.402 e. The Kier molecular flexibility index (Phi) is 3.27. The van der Waals surface area contributed by atoms with E-state index in [1.807, 2.05) is 0 Å². The minimum absolute atomic E-state index is 0.0436. The molecule has 0 fully saturated rings. The van der Waals surface area contributed by atoms with Crippen molar-refractivity contribution in [3.05, 3.63) is 11.3 Å². The Bertz CT molecular complexity index is 204. The lowest BCUT2D eigenvalue weighted by atomic mass is 10.1. The number of terminal acetylenes is 1. The van der Waals surface area contributed by atoms with Crippen molar-refractivity contribution in [2.75, 3.05) is 0 Å². The van der Waals surface area contributed by atoms with Crippen molar-refractivity contribution in [2.24, 2.45) is 5.73 Å². The maximum atomic E-state index is 10.7. The van der Waals surface area contributed by atoms with Gasteiger partial charge in [-0.25, -0.2) is 0 Å². The fraction of sp³-hybridized carbons (Fsp3) is 0.375. The number of carbonyl (C=O) groups is 1. The molecule has 0 aliphatic carbocycles. The van der Waals surface area contributed by atoms with E-state index in [0.29, 0.717) is 17.7 Å². The van der Waals surface area contributed by atoms with Crippen LogP contribution >= 0.6 is 0 Å². The molecule has 0 heterocycles. The quantitative estimate of drug-likeness (QED) is 0.452. The van der Waals surface area contributed by atoms with E-state index < -0.39 is 0 Å². The van der Waals surface area contributed by atoms with Crippen LogP contribution in [-0.2, 0) is 4.79 Å². The third kappa shape index (κ3) is 2.36. The van der Waals surface area contributed by atoms with Crippen LogP contribution in [0, 0.1) is 12.3 Å². The number of ketones is 1. The van der Waals surface area contributed by atoms with E-state index in [9.17, 15) is 4.79 Å². The van der Waals surface area contributed by atoms with E-state index in [-0.39, 0.29) is 5.78 Å². The number of hydrogen-bond acceptors (Lipinski definition) is 2. The van der Waals surface area contributed by atoms with Crippen molar-refractivity contribution < 1.29 is 4.79 Å². The van der Waals surface area contributed by atoms with Gasteiger partial charge in [-0.05, 0) is 13.8 Å². The number of hydrogen-bond donors (Lipinski definition) is 1. The predicted molar refractivity (Wildman–Crippen MR) is 41.0 cm³/mol. The van der Waals surface area contributed by atoms with Crippen molar-refractivity contribution in [3.8, 4) is 12.3 Å². The van der Waals surface area contributed by atoms with Gasteiger partial charge in [0.25, 0.3) is 0 Å². The molecule has 0 spiro atoms. The summed E-state index contributed by atoms with van der Waals surface area (Å²) in [6.45, 7) is 3.14. The highest BCUT2D eigenvalue weighted by Crippen LogP contribution is 2.04. The topological polar surface area (TPSA) is 43.1 Å². The molecule has 2 nitrogen and oxygen atoms in total. The van der Waals surface area contributed by atoms with Crippen molar-refractivity contribution in [3.63, 3.8) is 0 Å². The van der Waals surface area contributed by atoms with Crippen molar-refractivity contribution in [2.45, 2.75) is 20.3 Å². The summed E-state index contributed by atoms with van der Waals surface area (Å²) in [7, 11) is 0. The lowest BCUT2D eigenvalue weighted by molar-refractivity contribution is -0.113. The van der Waals surface area contributed by atoms with Crippen LogP contribution in [0.3, 0.4) is 0 Å². The van der Waals surface area contributed by atoms with Gasteiger partial charge < -0.3 is 5.73 Å². The summed E-state index contributed by atoms with van der Waals surface area (Å²) in [5.41, 5.74) is 6.45. The molecule has 54 valence electrons. The standard InChI is InChI=1S/C8H11NO/c1-4-5-8(6(2)9)7(3)10/h1H,5,9H2,2-3H3/b8-6-. The van der Waals surface area contributed by atoms with Gasteiger partial charge in [-0.15, -0.1) is 12.3 Å². The molecule has 0 aromatic rings. The molecule has 0 aromatic heterocycles. The lowest BCUT2D eigenvalue weighted by Crippen LogP contribution is -2.05. The molecule has 0 rings (SSSR count). The average molecular weight is 137 g/mol. The van der Waals surface area contributed by atoms with Gasteiger partial charge in [-0.1, -0.05) is 0 Å². The first-order valence-corrected chi connectivity index (χ1v) is 2.99. The molecule has 2 heteroatoms. The van der Waals surface area contributed by atoms with E-state index in [4.69, 9.17) is 12.2 Å². The molecule has 0 unspecified atom stereocenters. The van der Waals surface area contributed by atoms with Crippen molar-refractivity contribution in [1.29, 1.82) is 0 Å². The molecule has 0 atom stereocenters. The first-order chi connectivity index (χ1) is 4.59. The van der Waals surface area contributed by atoms with E-state index in [1.54, 1.807) is 6.92 Å². The van der Waals surface area contributed by atoms with Gasteiger partial charge in [-0.3, -0.25) is 4.79 Å². The molecule has 10 heavy (non-hydrogen) atoms. The lowest BCUT2D eigenvalue weighted by Gasteiger charge is -1.99. The van der Waals surface area contributed by atoms with Crippen LogP contribution in [0.25, 0.3) is 0 Å². The van der Waals surface area contributed by atoms with Crippen molar-refractivity contribution in [1.82, 2.24) is 0 Å². The van der Waals surface area contributed by atoms with E-state index in [1.165, 1.54) is 6.92 Å². The van der Waals surface area contributed by atoms with Gasteiger partial charge in [0, 0.05) is 17.7 Å². The molecular formula is C8H11NO. The van der Waals surface area contributed by atoms with Gasteiger partial charge in [0.05, 0.1) is 0 Å². The molecule has 0 amide bonds. The SMILES string of the molecule is C#CC/C(C(C)=O)=C(\C)N. The highest BCUT2D eigenvalue weighted by molar-refractivity contribution is 5.94. The third-order valence-electron chi connectivity index (χ3n) is 1.18. The fourth-order valence-corrected chi connectivity index (χ4v) is 0.644. The molecule has 0 aliphatic heterocycles. The molecule has 0 bridgehead atoms. The normalized spacial score (nSPS) is 11.7. The Morgan fingerprint density at radius 1 is 1.60 bits per heavy atom. The second-order valence-corrected chi connectivity index (χ2v) is 2.10. The monoisotopic (exact) mass is 137 g/mol. The van der Waals surface area contributed by atoms with Crippen LogP contribution < -0.4 is 5.73 Å². The Morgan fingerprint density at radius 3 is 2.20 bits per heavy atom.